The number of carbonyl (C=O) groups excluding carboxylic acids is 1. The van der Waals surface area contributed by atoms with Gasteiger partial charge in [0.2, 0.25) is 0 Å². The summed E-state index contributed by atoms with van der Waals surface area (Å²) >= 11 is 0. The maximum absolute atomic E-state index is 11.3. The van der Waals surface area contributed by atoms with Crippen LogP contribution < -0.4 is 10.6 Å². The molecule has 0 heterocycles. The van der Waals surface area contributed by atoms with Crippen LogP contribution in [-0.4, -0.2) is 30.2 Å². The van der Waals surface area contributed by atoms with E-state index in [1.807, 2.05) is 0 Å². The lowest BCUT2D eigenvalue weighted by Gasteiger charge is -2.06. The first kappa shape index (κ1) is 13.8. The van der Waals surface area contributed by atoms with Crippen LogP contribution in [0.25, 0.3) is 0 Å². The quantitative estimate of drug-likeness (QED) is 0.539. The van der Waals surface area contributed by atoms with E-state index in [-0.39, 0.29) is 12.5 Å². The Morgan fingerprint density at radius 3 is 2.41 bits per heavy atom. The molecule has 0 atom stereocenters. The molecule has 1 saturated carbocycles. The smallest absolute Gasteiger partial charge is 0.314 e. The summed E-state index contributed by atoms with van der Waals surface area (Å²) in [7, 11) is 0. The van der Waals surface area contributed by atoms with E-state index in [1.165, 1.54) is 12.8 Å². The number of carbonyl (C=O) groups is 2. The third kappa shape index (κ3) is 8.54. The zero-order chi connectivity index (χ0) is 12.5. The fraction of sp³-hybridized carbons (Fsp3) is 0.833. The molecule has 3 N–H and O–H groups in total. The van der Waals surface area contributed by atoms with Crippen molar-refractivity contribution in [3.8, 4) is 0 Å². The van der Waals surface area contributed by atoms with Gasteiger partial charge in [-0.05, 0) is 31.6 Å². The zero-order valence-electron chi connectivity index (χ0n) is 10.2. The Morgan fingerprint density at radius 1 is 1.06 bits per heavy atom. The molecule has 5 nitrogen and oxygen atoms in total. The Hall–Kier alpha value is -1.26. The normalized spacial score (nSPS) is 14.4. The summed E-state index contributed by atoms with van der Waals surface area (Å²) in [6.45, 7) is 1.47. The number of amides is 2. The standard InChI is InChI=1S/C12H22N2O3/c15-11(16)5-3-1-2-4-8-13-12(17)14-9-10-6-7-10/h10H,1-9H2,(H,15,16)(H2,13,14,17). The molecule has 0 saturated heterocycles. The molecular formula is C12H22N2O3. The molecular weight excluding hydrogens is 220 g/mol. The molecule has 1 rings (SSSR count). The average molecular weight is 242 g/mol. The predicted molar refractivity (Wildman–Crippen MR) is 64.8 cm³/mol. The third-order valence-corrected chi connectivity index (χ3v) is 2.85. The Morgan fingerprint density at radius 2 is 1.76 bits per heavy atom. The van der Waals surface area contributed by atoms with Gasteiger partial charge >= 0.3 is 12.0 Å². The molecule has 2 amide bonds. The van der Waals surface area contributed by atoms with Crippen LogP contribution in [0, 0.1) is 5.92 Å². The lowest BCUT2D eigenvalue weighted by atomic mass is 10.1. The van der Waals surface area contributed by atoms with Gasteiger partial charge < -0.3 is 15.7 Å². The van der Waals surface area contributed by atoms with E-state index in [0.717, 1.165) is 32.2 Å². The Balaban J connectivity index is 1.79. The summed E-state index contributed by atoms with van der Waals surface area (Å²) in [6.07, 6.45) is 6.25. The average Bonchev–Trinajstić information content (AvgIpc) is 3.08. The van der Waals surface area contributed by atoms with Crippen molar-refractivity contribution in [3.05, 3.63) is 0 Å². The van der Waals surface area contributed by atoms with Gasteiger partial charge in [-0.15, -0.1) is 0 Å². The summed E-state index contributed by atoms with van der Waals surface area (Å²) in [6, 6.07) is -0.0811. The first-order valence-corrected chi connectivity index (χ1v) is 6.42. The van der Waals surface area contributed by atoms with Crippen LogP contribution in [0.1, 0.15) is 44.9 Å². The van der Waals surface area contributed by atoms with Gasteiger partial charge in [0, 0.05) is 19.5 Å². The number of hydrogen-bond donors (Lipinski definition) is 3. The molecule has 0 aliphatic heterocycles. The van der Waals surface area contributed by atoms with Gasteiger partial charge in [-0.3, -0.25) is 4.79 Å². The summed E-state index contributed by atoms with van der Waals surface area (Å²) in [5.41, 5.74) is 0. The molecule has 98 valence electrons. The highest BCUT2D eigenvalue weighted by Gasteiger charge is 2.21. The number of carboxylic acid groups (broad SMARTS) is 1. The highest BCUT2D eigenvalue weighted by molar-refractivity contribution is 5.73. The van der Waals surface area contributed by atoms with Gasteiger partial charge in [0.25, 0.3) is 0 Å². The topological polar surface area (TPSA) is 78.4 Å². The highest BCUT2D eigenvalue weighted by Crippen LogP contribution is 2.27. The molecule has 1 aliphatic rings. The van der Waals surface area contributed by atoms with Crippen LogP contribution in [0.3, 0.4) is 0 Å². The summed E-state index contributed by atoms with van der Waals surface area (Å²) < 4.78 is 0. The van der Waals surface area contributed by atoms with Gasteiger partial charge in [0.15, 0.2) is 0 Å². The minimum absolute atomic E-state index is 0.0811. The molecule has 0 bridgehead atoms. The van der Waals surface area contributed by atoms with Crippen molar-refractivity contribution in [3.63, 3.8) is 0 Å². The second-order valence-electron chi connectivity index (χ2n) is 4.64. The fourth-order valence-corrected chi connectivity index (χ4v) is 1.58. The predicted octanol–water partition coefficient (Wildman–Crippen LogP) is 1.73. The van der Waals surface area contributed by atoms with E-state index in [2.05, 4.69) is 10.6 Å². The number of unbranched alkanes of at least 4 members (excludes halogenated alkanes) is 3. The lowest BCUT2D eigenvalue weighted by molar-refractivity contribution is -0.137. The molecule has 0 aromatic carbocycles. The molecule has 0 radical (unpaired) electrons. The fourth-order valence-electron chi connectivity index (χ4n) is 1.58. The van der Waals surface area contributed by atoms with Crippen LogP contribution in [0.5, 0.6) is 0 Å². The van der Waals surface area contributed by atoms with E-state index in [4.69, 9.17) is 5.11 Å². The number of rotatable bonds is 9. The Labute approximate surface area is 102 Å². The SMILES string of the molecule is O=C(O)CCCCCCNC(=O)NCC1CC1. The summed E-state index contributed by atoms with van der Waals surface area (Å²) in [5.74, 6) is -0.0284. The van der Waals surface area contributed by atoms with Crippen molar-refractivity contribution in [1.82, 2.24) is 10.6 Å². The number of urea groups is 1. The molecule has 1 fully saturated rings. The number of carboxylic acids is 1. The number of hydrogen-bond acceptors (Lipinski definition) is 2. The molecule has 5 heteroatoms. The van der Waals surface area contributed by atoms with Crippen LogP contribution in [0.2, 0.25) is 0 Å². The van der Waals surface area contributed by atoms with Crippen LogP contribution in [0.15, 0.2) is 0 Å². The minimum atomic E-state index is -0.734. The minimum Gasteiger partial charge on any atom is -0.481 e. The van der Waals surface area contributed by atoms with Crippen molar-refractivity contribution in [2.45, 2.75) is 44.9 Å². The van der Waals surface area contributed by atoms with Gasteiger partial charge in [0.1, 0.15) is 0 Å². The second-order valence-corrected chi connectivity index (χ2v) is 4.64. The van der Waals surface area contributed by atoms with E-state index in [1.54, 1.807) is 0 Å². The maximum atomic E-state index is 11.3. The molecule has 0 unspecified atom stereocenters. The number of nitrogens with one attached hydrogen (secondary N) is 2. The molecule has 0 aromatic rings. The molecule has 17 heavy (non-hydrogen) atoms. The Bertz CT molecular complexity index is 252. The van der Waals surface area contributed by atoms with Gasteiger partial charge in [-0.2, -0.15) is 0 Å². The first-order chi connectivity index (χ1) is 8.18. The van der Waals surface area contributed by atoms with E-state index < -0.39 is 5.97 Å². The maximum Gasteiger partial charge on any atom is 0.314 e. The van der Waals surface area contributed by atoms with E-state index in [0.29, 0.717) is 12.5 Å². The van der Waals surface area contributed by atoms with Crippen molar-refractivity contribution >= 4 is 12.0 Å². The molecule has 0 aromatic heterocycles. The largest absolute Gasteiger partial charge is 0.481 e. The first-order valence-electron chi connectivity index (χ1n) is 6.42. The molecule has 0 spiro atoms. The van der Waals surface area contributed by atoms with Gasteiger partial charge in [0.05, 0.1) is 0 Å². The van der Waals surface area contributed by atoms with E-state index in [9.17, 15) is 9.59 Å². The number of aliphatic carboxylic acids is 1. The van der Waals surface area contributed by atoms with Crippen molar-refractivity contribution in [1.29, 1.82) is 0 Å². The van der Waals surface area contributed by atoms with Crippen LogP contribution in [-0.2, 0) is 4.79 Å². The van der Waals surface area contributed by atoms with Crippen LogP contribution >= 0.6 is 0 Å². The Kier molecular flexibility index (Phi) is 6.43. The van der Waals surface area contributed by atoms with Crippen molar-refractivity contribution in [2.24, 2.45) is 5.92 Å². The van der Waals surface area contributed by atoms with Crippen molar-refractivity contribution in [2.75, 3.05) is 13.1 Å². The van der Waals surface area contributed by atoms with E-state index >= 15 is 0 Å². The highest BCUT2D eigenvalue weighted by atomic mass is 16.4. The monoisotopic (exact) mass is 242 g/mol. The lowest BCUT2D eigenvalue weighted by Crippen LogP contribution is -2.37. The van der Waals surface area contributed by atoms with Crippen LogP contribution in [0.4, 0.5) is 4.79 Å². The zero-order valence-corrected chi connectivity index (χ0v) is 10.2. The summed E-state index contributed by atoms with van der Waals surface area (Å²) in [5, 5.41) is 14.1. The summed E-state index contributed by atoms with van der Waals surface area (Å²) in [4.78, 5) is 21.5. The van der Waals surface area contributed by atoms with Gasteiger partial charge in [-0.1, -0.05) is 12.8 Å². The molecule has 1 aliphatic carbocycles. The second kappa shape index (κ2) is 7.92. The van der Waals surface area contributed by atoms with Gasteiger partial charge in [-0.25, -0.2) is 4.79 Å². The third-order valence-electron chi connectivity index (χ3n) is 2.85. The van der Waals surface area contributed by atoms with Crippen molar-refractivity contribution < 1.29 is 14.7 Å².